The van der Waals surface area contributed by atoms with Crippen LogP contribution in [-0.4, -0.2) is 0 Å². The Bertz CT molecular complexity index is 338. The quantitative estimate of drug-likeness (QED) is 0.768. The molecule has 1 aliphatic carbocycles. The minimum Gasteiger partial charge on any atom is -0.396 e. The Hall–Kier alpha value is -0.440. The van der Waals surface area contributed by atoms with Crippen LogP contribution in [0.3, 0.4) is 0 Å². The van der Waals surface area contributed by atoms with Gasteiger partial charge in [-0.05, 0) is 36.5 Å². The Morgan fingerprint density at radius 3 is 2.14 bits per heavy atom. The molecule has 4 N–H and O–H groups in total. The largest absolute Gasteiger partial charge is 0.396 e. The smallest absolute Gasteiger partial charge is 0.0693 e. The fourth-order valence-electron chi connectivity index (χ4n) is 1.52. The van der Waals surface area contributed by atoms with Gasteiger partial charge in [-0.1, -0.05) is 23.2 Å². The van der Waals surface area contributed by atoms with Crippen LogP contribution >= 0.6 is 23.2 Å². The van der Waals surface area contributed by atoms with E-state index in [0.29, 0.717) is 21.7 Å². The van der Waals surface area contributed by atoms with Gasteiger partial charge in [-0.3, -0.25) is 0 Å². The van der Waals surface area contributed by atoms with E-state index in [1.807, 2.05) is 12.1 Å². The summed E-state index contributed by atoms with van der Waals surface area (Å²) in [7, 11) is 0. The first kappa shape index (κ1) is 10.1. The molecule has 0 aromatic heterocycles. The summed E-state index contributed by atoms with van der Waals surface area (Å²) in [5.74, 6) is 0.589. The number of nitrogen functional groups attached to an aromatic ring is 1. The molecule has 1 aromatic rings. The topological polar surface area (TPSA) is 52.0 Å². The summed E-state index contributed by atoms with van der Waals surface area (Å²) in [5.41, 5.74) is 13.1. The molecule has 0 saturated heterocycles. The minimum absolute atomic E-state index is 0.0469. The summed E-state index contributed by atoms with van der Waals surface area (Å²) in [6.07, 6.45) is 2.39. The maximum Gasteiger partial charge on any atom is 0.0693 e. The van der Waals surface area contributed by atoms with Gasteiger partial charge < -0.3 is 11.5 Å². The van der Waals surface area contributed by atoms with Gasteiger partial charge in [0.15, 0.2) is 0 Å². The molecule has 0 bridgehead atoms. The van der Waals surface area contributed by atoms with Crippen molar-refractivity contribution in [2.75, 3.05) is 5.73 Å². The highest BCUT2D eigenvalue weighted by molar-refractivity contribution is 6.38. The molecule has 0 heterocycles. The van der Waals surface area contributed by atoms with E-state index in [0.717, 1.165) is 5.56 Å². The molecule has 76 valence electrons. The molecule has 1 unspecified atom stereocenters. The number of anilines is 1. The fraction of sp³-hybridized carbons (Fsp3) is 0.400. The summed E-state index contributed by atoms with van der Waals surface area (Å²) in [5, 5.41) is 0.979. The molecule has 2 nitrogen and oxygen atoms in total. The molecular formula is C10H12Cl2N2. The maximum atomic E-state index is 6.03. The van der Waals surface area contributed by atoms with E-state index in [1.165, 1.54) is 12.8 Å². The van der Waals surface area contributed by atoms with Gasteiger partial charge in [-0.25, -0.2) is 0 Å². The number of nitrogens with two attached hydrogens (primary N) is 2. The maximum absolute atomic E-state index is 6.03. The van der Waals surface area contributed by atoms with E-state index in [-0.39, 0.29) is 6.04 Å². The van der Waals surface area contributed by atoms with Crippen LogP contribution in [-0.2, 0) is 0 Å². The Labute approximate surface area is 93.2 Å². The van der Waals surface area contributed by atoms with E-state index in [4.69, 9.17) is 34.7 Å². The third-order valence-electron chi connectivity index (χ3n) is 2.62. The average Bonchev–Trinajstić information content (AvgIpc) is 2.95. The molecule has 4 heteroatoms. The first-order valence-electron chi connectivity index (χ1n) is 4.59. The first-order chi connectivity index (χ1) is 6.59. The van der Waals surface area contributed by atoms with Gasteiger partial charge >= 0.3 is 0 Å². The zero-order valence-electron chi connectivity index (χ0n) is 7.63. The van der Waals surface area contributed by atoms with Crippen molar-refractivity contribution in [3.05, 3.63) is 27.7 Å². The number of hydrogen-bond acceptors (Lipinski definition) is 2. The fourth-order valence-corrected chi connectivity index (χ4v) is 2.03. The van der Waals surface area contributed by atoms with Crippen molar-refractivity contribution in [3.8, 4) is 0 Å². The summed E-state index contributed by atoms with van der Waals surface area (Å²) in [4.78, 5) is 0. The second-order valence-electron chi connectivity index (χ2n) is 3.76. The minimum atomic E-state index is 0.0469. The van der Waals surface area contributed by atoms with E-state index in [2.05, 4.69) is 0 Å². The lowest BCUT2D eigenvalue weighted by atomic mass is 10.0. The van der Waals surface area contributed by atoms with Crippen LogP contribution in [0.1, 0.15) is 24.4 Å². The molecule has 1 aromatic carbocycles. The number of hydrogen-bond donors (Lipinski definition) is 2. The lowest BCUT2D eigenvalue weighted by Gasteiger charge is -2.12. The predicted octanol–water partition coefficient (Wildman–Crippen LogP) is 2.99. The molecule has 14 heavy (non-hydrogen) atoms. The van der Waals surface area contributed by atoms with Crippen molar-refractivity contribution in [2.24, 2.45) is 11.7 Å². The third kappa shape index (κ3) is 1.83. The van der Waals surface area contributed by atoms with Gasteiger partial charge in [-0.2, -0.15) is 0 Å². The molecule has 0 aliphatic heterocycles. The molecule has 1 saturated carbocycles. The zero-order chi connectivity index (χ0) is 10.3. The van der Waals surface area contributed by atoms with Gasteiger partial charge in [-0.15, -0.1) is 0 Å². The highest BCUT2D eigenvalue weighted by Gasteiger charge is 2.30. The van der Waals surface area contributed by atoms with Crippen LogP contribution in [0.25, 0.3) is 0 Å². The molecule has 0 amide bonds. The van der Waals surface area contributed by atoms with Crippen molar-refractivity contribution in [3.63, 3.8) is 0 Å². The van der Waals surface area contributed by atoms with Crippen LogP contribution < -0.4 is 11.5 Å². The molecule has 1 aliphatic rings. The lowest BCUT2D eigenvalue weighted by molar-refractivity contribution is 0.633. The van der Waals surface area contributed by atoms with Crippen LogP contribution in [0.15, 0.2) is 12.1 Å². The monoisotopic (exact) mass is 230 g/mol. The van der Waals surface area contributed by atoms with E-state index in [1.54, 1.807) is 0 Å². The van der Waals surface area contributed by atoms with Crippen molar-refractivity contribution in [2.45, 2.75) is 18.9 Å². The van der Waals surface area contributed by atoms with Crippen molar-refractivity contribution in [1.82, 2.24) is 0 Å². The van der Waals surface area contributed by atoms with Crippen LogP contribution in [0.5, 0.6) is 0 Å². The Morgan fingerprint density at radius 1 is 1.21 bits per heavy atom. The summed E-state index contributed by atoms with van der Waals surface area (Å²) < 4.78 is 0. The molecule has 1 atom stereocenters. The number of benzene rings is 1. The Morgan fingerprint density at radius 2 is 1.71 bits per heavy atom. The average molecular weight is 231 g/mol. The normalized spacial score (nSPS) is 18.2. The van der Waals surface area contributed by atoms with Gasteiger partial charge in [0.25, 0.3) is 0 Å². The molecule has 2 rings (SSSR count). The van der Waals surface area contributed by atoms with E-state index in [9.17, 15) is 0 Å². The molecule has 1 fully saturated rings. The molecular weight excluding hydrogens is 219 g/mol. The van der Waals surface area contributed by atoms with Crippen LogP contribution in [0.2, 0.25) is 10.0 Å². The van der Waals surface area contributed by atoms with Crippen LogP contribution in [0.4, 0.5) is 5.69 Å². The summed E-state index contributed by atoms with van der Waals surface area (Å²) in [6.45, 7) is 0. The highest BCUT2D eigenvalue weighted by atomic mass is 35.5. The van der Waals surface area contributed by atoms with Gasteiger partial charge in [0.1, 0.15) is 0 Å². The lowest BCUT2D eigenvalue weighted by Crippen LogP contribution is -2.12. The Kier molecular flexibility index (Phi) is 2.60. The van der Waals surface area contributed by atoms with Gasteiger partial charge in [0.2, 0.25) is 0 Å². The predicted molar refractivity (Wildman–Crippen MR) is 60.5 cm³/mol. The van der Waals surface area contributed by atoms with Crippen molar-refractivity contribution in [1.29, 1.82) is 0 Å². The van der Waals surface area contributed by atoms with Gasteiger partial charge in [0, 0.05) is 6.04 Å². The second-order valence-corrected chi connectivity index (χ2v) is 4.58. The summed E-state index contributed by atoms with van der Waals surface area (Å²) >= 11 is 11.8. The molecule has 0 radical (unpaired) electrons. The Balaban J connectivity index is 2.34. The zero-order valence-corrected chi connectivity index (χ0v) is 9.15. The molecule has 0 spiro atoms. The van der Waals surface area contributed by atoms with Crippen LogP contribution in [0, 0.1) is 5.92 Å². The third-order valence-corrected chi connectivity index (χ3v) is 3.24. The summed E-state index contributed by atoms with van der Waals surface area (Å²) in [6, 6.07) is 3.67. The van der Waals surface area contributed by atoms with E-state index >= 15 is 0 Å². The van der Waals surface area contributed by atoms with Crippen molar-refractivity contribution >= 4 is 28.9 Å². The van der Waals surface area contributed by atoms with Crippen molar-refractivity contribution < 1.29 is 0 Å². The SMILES string of the molecule is Nc1c(Cl)cc(C(N)C2CC2)cc1Cl. The highest BCUT2D eigenvalue weighted by Crippen LogP contribution is 2.41. The van der Waals surface area contributed by atoms with E-state index < -0.39 is 0 Å². The first-order valence-corrected chi connectivity index (χ1v) is 5.35. The second kappa shape index (κ2) is 3.61. The standard InChI is InChI=1S/C10H12Cl2N2/c11-7-3-6(4-8(12)10(7)14)9(13)5-1-2-5/h3-5,9H,1-2,13-14H2. The number of rotatable bonds is 2. The van der Waals surface area contributed by atoms with Gasteiger partial charge in [0.05, 0.1) is 15.7 Å². The number of halogens is 2.